The van der Waals surface area contributed by atoms with Gasteiger partial charge >= 0.3 is 5.97 Å². The molecule has 0 saturated heterocycles. The van der Waals surface area contributed by atoms with Crippen LogP contribution in [0, 0.1) is 11.3 Å². The number of carbonyl (C=O) groups is 1. The first-order valence-electron chi connectivity index (χ1n) is 4.55. The smallest absolute Gasteiger partial charge is 0.347 e. The van der Waals surface area contributed by atoms with E-state index in [0.29, 0.717) is 10.6 Å². The van der Waals surface area contributed by atoms with Gasteiger partial charge in [-0.15, -0.1) is 22.7 Å². The molecule has 0 aliphatic rings. The maximum atomic E-state index is 10.6. The van der Waals surface area contributed by atoms with Crippen LogP contribution < -0.4 is 0 Å². The number of thiophene rings is 1. The minimum Gasteiger partial charge on any atom is -0.477 e. The van der Waals surface area contributed by atoms with Crippen LogP contribution in [-0.2, 0) is 0 Å². The van der Waals surface area contributed by atoms with Crippen LogP contribution in [0.1, 0.15) is 25.1 Å². The summed E-state index contributed by atoms with van der Waals surface area (Å²) in [7, 11) is 0. The minimum absolute atomic E-state index is 0.216. The molecule has 0 aliphatic carbocycles. The van der Waals surface area contributed by atoms with Gasteiger partial charge in [0.05, 0.1) is 11.8 Å². The fraction of sp³-hybridized carbons (Fsp3) is 0. The second kappa shape index (κ2) is 4.91. The molecule has 1 N–H and O–H groups in total. The van der Waals surface area contributed by atoms with Gasteiger partial charge in [-0.2, -0.15) is 5.26 Å². The molecule has 2 aromatic rings. The first kappa shape index (κ1) is 11.5. The summed E-state index contributed by atoms with van der Waals surface area (Å²) in [4.78, 5) is 15.8. The Morgan fingerprint density at radius 1 is 1.53 bits per heavy atom. The number of hydrogen-bond acceptors (Lipinski definition) is 5. The molecule has 0 atom stereocenters. The summed E-state index contributed by atoms with van der Waals surface area (Å²) < 4.78 is 0. The first-order valence-corrected chi connectivity index (χ1v) is 6.24. The zero-order valence-electron chi connectivity index (χ0n) is 8.45. The van der Waals surface area contributed by atoms with Gasteiger partial charge in [-0.05, 0) is 18.2 Å². The van der Waals surface area contributed by atoms with Gasteiger partial charge in [0, 0.05) is 10.3 Å². The molecule has 0 spiro atoms. The van der Waals surface area contributed by atoms with Crippen LogP contribution in [-0.4, -0.2) is 16.1 Å². The van der Waals surface area contributed by atoms with Gasteiger partial charge in [0.2, 0.25) is 0 Å². The molecule has 6 heteroatoms. The molecule has 0 fully saturated rings. The lowest BCUT2D eigenvalue weighted by atomic mass is 10.3. The Morgan fingerprint density at radius 3 is 2.94 bits per heavy atom. The molecule has 84 valence electrons. The Morgan fingerprint density at radius 2 is 2.35 bits per heavy atom. The van der Waals surface area contributed by atoms with Crippen LogP contribution in [0.2, 0.25) is 0 Å². The highest BCUT2D eigenvalue weighted by Crippen LogP contribution is 2.19. The van der Waals surface area contributed by atoms with Gasteiger partial charge in [-0.25, -0.2) is 9.78 Å². The fourth-order valence-electron chi connectivity index (χ4n) is 1.12. The van der Waals surface area contributed by atoms with Crippen LogP contribution in [0.3, 0.4) is 0 Å². The SMILES string of the molecule is N#Cc1csc(C=Cc2ncc(C(=O)O)s2)c1. The summed E-state index contributed by atoms with van der Waals surface area (Å²) in [6.07, 6.45) is 4.89. The summed E-state index contributed by atoms with van der Waals surface area (Å²) in [5, 5.41) is 19.8. The molecular weight excluding hydrogens is 256 g/mol. The molecule has 0 aromatic carbocycles. The summed E-state index contributed by atoms with van der Waals surface area (Å²) >= 11 is 2.57. The Labute approximate surface area is 105 Å². The third kappa shape index (κ3) is 2.78. The van der Waals surface area contributed by atoms with E-state index in [-0.39, 0.29) is 4.88 Å². The van der Waals surface area contributed by atoms with Gasteiger partial charge in [0.15, 0.2) is 0 Å². The molecule has 0 bridgehead atoms. The number of aromatic nitrogens is 1. The third-order valence-electron chi connectivity index (χ3n) is 1.87. The highest BCUT2D eigenvalue weighted by molar-refractivity contribution is 7.14. The Hall–Kier alpha value is -1.97. The highest BCUT2D eigenvalue weighted by Gasteiger charge is 2.06. The number of nitriles is 1. The molecule has 17 heavy (non-hydrogen) atoms. The van der Waals surface area contributed by atoms with Crippen molar-refractivity contribution in [2.24, 2.45) is 0 Å². The molecule has 0 amide bonds. The summed E-state index contributed by atoms with van der Waals surface area (Å²) in [6, 6.07) is 3.82. The average Bonchev–Trinajstić information content (AvgIpc) is 2.95. The molecule has 0 unspecified atom stereocenters. The first-order chi connectivity index (χ1) is 8.19. The van der Waals surface area contributed by atoms with Crippen molar-refractivity contribution in [2.75, 3.05) is 0 Å². The summed E-state index contributed by atoms with van der Waals surface area (Å²) in [5.74, 6) is -0.968. The molecule has 2 rings (SSSR count). The van der Waals surface area contributed by atoms with E-state index < -0.39 is 5.97 Å². The molecule has 0 radical (unpaired) electrons. The van der Waals surface area contributed by atoms with E-state index in [4.69, 9.17) is 10.4 Å². The molecule has 0 saturated carbocycles. The van der Waals surface area contributed by atoms with Crippen molar-refractivity contribution in [3.63, 3.8) is 0 Å². The minimum atomic E-state index is -0.968. The average molecular weight is 262 g/mol. The monoisotopic (exact) mass is 262 g/mol. The van der Waals surface area contributed by atoms with Crippen molar-refractivity contribution in [3.05, 3.63) is 38.0 Å². The highest BCUT2D eigenvalue weighted by atomic mass is 32.1. The number of carboxylic acids is 1. The van der Waals surface area contributed by atoms with Crippen LogP contribution in [0.15, 0.2) is 17.6 Å². The maximum Gasteiger partial charge on any atom is 0.347 e. The maximum absolute atomic E-state index is 10.6. The topological polar surface area (TPSA) is 74.0 Å². The predicted octanol–water partition coefficient (Wildman–Crippen LogP) is 2.94. The lowest BCUT2D eigenvalue weighted by Crippen LogP contribution is -1.89. The second-order valence-electron chi connectivity index (χ2n) is 3.05. The predicted molar refractivity (Wildman–Crippen MR) is 67.0 cm³/mol. The van der Waals surface area contributed by atoms with Crippen LogP contribution in [0.25, 0.3) is 12.2 Å². The molecule has 2 heterocycles. The van der Waals surface area contributed by atoms with E-state index in [1.807, 2.05) is 6.08 Å². The Kier molecular flexibility index (Phi) is 3.32. The second-order valence-corrected chi connectivity index (χ2v) is 5.06. The van der Waals surface area contributed by atoms with Crippen LogP contribution in [0.5, 0.6) is 0 Å². The molecule has 2 aromatic heterocycles. The van der Waals surface area contributed by atoms with E-state index in [0.717, 1.165) is 16.2 Å². The van der Waals surface area contributed by atoms with Gasteiger partial charge in [0.1, 0.15) is 16.0 Å². The van der Waals surface area contributed by atoms with Crippen molar-refractivity contribution in [1.82, 2.24) is 4.98 Å². The number of carboxylic acid groups (broad SMARTS) is 1. The van der Waals surface area contributed by atoms with Gasteiger partial charge < -0.3 is 5.11 Å². The van der Waals surface area contributed by atoms with E-state index in [1.165, 1.54) is 17.5 Å². The molecule has 4 nitrogen and oxygen atoms in total. The standard InChI is InChI=1S/C11H6N2O2S2/c12-4-7-3-8(16-6-7)1-2-10-13-5-9(17-10)11(14)15/h1-3,5-6H,(H,14,15). The lowest BCUT2D eigenvalue weighted by molar-refractivity contribution is 0.0702. The van der Waals surface area contributed by atoms with Crippen LogP contribution >= 0.6 is 22.7 Å². The summed E-state index contributed by atoms with van der Waals surface area (Å²) in [6.45, 7) is 0. The quantitative estimate of drug-likeness (QED) is 0.922. The van der Waals surface area contributed by atoms with Crippen molar-refractivity contribution >= 4 is 40.8 Å². The lowest BCUT2D eigenvalue weighted by Gasteiger charge is -1.83. The van der Waals surface area contributed by atoms with Gasteiger partial charge in [0.25, 0.3) is 0 Å². The third-order valence-corrected chi connectivity index (χ3v) is 3.72. The van der Waals surface area contributed by atoms with Crippen molar-refractivity contribution < 1.29 is 9.90 Å². The van der Waals surface area contributed by atoms with Crippen molar-refractivity contribution in [3.8, 4) is 6.07 Å². The van der Waals surface area contributed by atoms with E-state index in [9.17, 15) is 4.79 Å². The van der Waals surface area contributed by atoms with Crippen LogP contribution in [0.4, 0.5) is 0 Å². The van der Waals surface area contributed by atoms with E-state index in [1.54, 1.807) is 17.5 Å². The number of thiazole rings is 1. The van der Waals surface area contributed by atoms with Gasteiger partial charge in [-0.3, -0.25) is 0 Å². The number of hydrogen-bond donors (Lipinski definition) is 1. The number of nitrogens with zero attached hydrogens (tertiary/aromatic N) is 2. The molecule has 0 aliphatic heterocycles. The largest absolute Gasteiger partial charge is 0.477 e. The number of aromatic carboxylic acids is 1. The fourth-order valence-corrected chi connectivity index (χ4v) is 2.50. The Bertz CT molecular complexity index is 619. The zero-order chi connectivity index (χ0) is 12.3. The van der Waals surface area contributed by atoms with Gasteiger partial charge in [-0.1, -0.05) is 0 Å². The Balaban J connectivity index is 2.14. The summed E-state index contributed by atoms with van der Waals surface area (Å²) in [5.41, 5.74) is 0.625. The molecular formula is C11H6N2O2S2. The van der Waals surface area contributed by atoms with E-state index >= 15 is 0 Å². The van der Waals surface area contributed by atoms with Crippen molar-refractivity contribution in [2.45, 2.75) is 0 Å². The van der Waals surface area contributed by atoms with E-state index in [2.05, 4.69) is 11.1 Å². The number of rotatable bonds is 3. The zero-order valence-corrected chi connectivity index (χ0v) is 10.1. The van der Waals surface area contributed by atoms with Crippen molar-refractivity contribution in [1.29, 1.82) is 5.26 Å². The normalized spacial score (nSPS) is 10.5.